The fraction of sp³-hybridized carbons (Fsp3) is 0.211. The summed E-state index contributed by atoms with van der Waals surface area (Å²) in [6.07, 6.45) is 1.61. The second-order valence-corrected chi connectivity index (χ2v) is 6.98. The molecule has 0 aliphatic rings. The number of nitrogens with one attached hydrogen (secondary N) is 1. The Kier molecular flexibility index (Phi) is 6.64. The molecule has 8 nitrogen and oxygen atoms in total. The summed E-state index contributed by atoms with van der Waals surface area (Å²) in [4.78, 5) is 22.3. The van der Waals surface area contributed by atoms with Gasteiger partial charge in [0.2, 0.25) is 11.0 Å². The number of anilines is 1. The molecule has 0 atom stereocenters. The molecule has 0 aliphatic carbocycles. The number of hydrogen-bond donors (Lipinski definition) is 1. The minimum absolute atomic E-state index is 0.00540. The summed E-state index contributed by atoms with van der Waals surface area (Å²) < 4.78 is 5.63. The van der Waals surface area contributed by atoms with E-state index in [1.165, 1.54) is 23.5 Å². The number of carbonyl (C=O) groups excluding carboxylic acids is 1. The zero-order chi connectivity index (χ0) is 19.8. The molecule has 0 radical (unpaired) electrons. The van der Waals surface area contributed by atoms with Gasteiger partial charge in [0, 0.05) is 18.6 Å². The van der Waals surface area contributed by atoms with Gasteiger partial charge >= 0.3 is 0 Å². The number of rotatable bonds is 9. The van der Waals surface area contributed by atoms with Crippen LogP contribution in [0.4, 0.5) is 10.8 Å². The van der Waals surface area contributed by atoms with Gasteiger partial charge in [-0.2, -0.15) is 0 Å². The second-order valence-electron chi connectivity index (χ2n) is 5.91. The quantitative estimate of drug-likeness (QED) is 0.335. The molecule has 2 aromatic carbocycles. The van der Waals surface area contributed by atoms with Gasteiger partial charge in [0.1, 0.15) is 10.8 Å². The molecular formula is C19H18N4O4S. The molecular weight excluding hydrogens is 380 g/mol. The number of nitro benzene ring substituents is 1. The molecule has 9 heteroatoms. The van der Waals surface area contributed by atoms with Gasteiger partial charge < -0.3 is 10.1 Å². The first-order valence-electron chi connectivity index (χ1n) is 8.63. The van der Waals surface area contributed by atoms with E-state index in [9.17, 15) is 14.9 Å². The Bertz CT molecular complexity index is 929. The van der Waals surface area contributed by atoms with Gasteiger partial charge in [-0.05, 0) is 24.1 Å². The van der Waals surface area contributed by atoms with E-state index in [4.69, 9.17) is 4.74 Å². The normalized spacial score (nSPS) is 10.4. The molecule has 3 aromatic rings. The number of hydrogen-bond acceptors (Lipinski definition) is 7. The Morgan fingerprint density at radius 3 is 2.57 bits per heavy atom. The smallest absolute Gasteiger partial charge is 0.269 e. The van der Waals surface area contributed by atoms with Gasteiger partial charge in [-0.1, -0.05) is 41.7 Å². The number of nitrogens with zero attached hydrogens (tertiary/aromatic N) is 3. The minimum atomic E-state index is -0.475. The zero-order valence-electron chi connectivity index (χ0n) is 14.9. The lowest BCUT2D eigenvalue weighted by molar-refractivity contribution is -0.384. The molecule has 0 fully saturated rings. The molecule has 0 saturated heterocycles. The number of para-hydroxylation sites is 1. The first-order valence-corrected chi connectivity index (χ1v) is 9.45. The zero-order valence-corrected chi connectivity index (χ0v) is 15.7. The molecule has 28 heavy (non-hydrogen) atoms. The van der Waals surface area contributed by atoms with Crippen LogP contribution in [-0.2, 0) is 17.6 Å². The van der Waals surface area contributed by atoms with E-state index in [-0.39, 0.29) is 18.0 Å². The highest BCUT2D eigenvalue weighted by molar-refractivity contribution is 7.15. The van der Waals surface area contributed by atoms with Crippen molar-refractivity contribution in [2.75, 3.05) is 11.9 Å². The van der Waals surface area contributed by atoms with Crippen LogP contribution in [0.1, 0.15) is 17.0 Å². The molecule has 0 saturated carbocycles. The molecule has 1 N–H and O–H groups in total. The Labute approximate surface area is 165 Å². The van der Waals surface area contributed by atoms with E-state index < -0.39 is 4.92 Å². The van der Waals surface area contributed by atoms with Crippen LogP contribution in [-0.4, -0.2) is 27.6 Å². The van der Waals surface area contributed by atoms with Crippen LogP contribution < -0.4 is 10.1 Å². The lowest BCUT2D eigenvalue weighted by Crippen LogP contribution is -2.14. The number of aryl methyl sites for hydroxylation is 1. The van der Waals surface area contributed by atoms with Crippen molar-refractivity contribution >= 4 is 28.1 Å². The highest BCUT2D eigenvalue weighted by Crippen LogP contribution is 2.18. The predicted molar refractivity (Wildman–Crippen MR) is 106 cm³/mol. The number of ether oxygens (including phenoxy) is 1. The van der Waals surface area contributed by atoms with Gasteiger partial charge in [0.25, 0.3) is 5.69 Å². The van der Waals surface area contributed by atoms with E-state index in [2.05, 4.69) is 15.5 Å². The molecule has 0 unspecified atom stereocenters. The number of aromatic nitrogens is 2. The Balaban J connectivity index is 1.42. The van der Waals surface area contributed by atoms with Crippen LogP contribution in [0.5, 0.6) is 5.75 Å². The average molecular weight is 398 g/mol. The van der Waals surface area contributed by atoms with Crippen molar-refractivity contribution in [3.8, 4) is 5.75 Å². The van der Waals surface area contributed by atoms with Crippen molar-refractivity contribution in [1.82, 2.24) is 10.2 Å². The maximum atomic E-state index is 12.1. The lowest BCUT2D eigenvalue weighted by atomic mass is 10.1. The van der Waals surface area contributed by atoms with E-state index in [1.54, 1.807) is 12.1 Å². The number of carbonyl (C=O) groups is 1. The second kappa shape index (κ2) is 9.56. The molecule has 1 amide bonds. The lowest BCUT2D eigenvalue weighted by Gasteiger charge is -2.04. The van der Waals surface area contributed by atoms with Gasteiger partial charge in [0.05, 0.1) is 18.0 Å². The third-order valence-electron chi connectivity index (χ3n) is 3.77. The average Bonchev–Trinajstić information content (AvgIpc) is 3.13. The molecule has 1 heterocycles. The third kappa shape index (κ3) is 5.85. The van der Waals surface area contributed by atoms with Crippen LogP contribution >= 0.6 is 11.3 Å². The fourth-order valence-corrected chi connectivity index (χ4v) is 3.22. The van der Waals surface area contributed by atoms with Crippen molar-refractivity contribution in [2.24, 2.45) is 0 Å². The molecule has 0 spiro atoms. The number of non-ortho nitro benzene ring substituents is 1. The molecule has 0 bridgehead atoms. The van der Waals surface area contributed by atoms with Crippen LogP contribution in [0, 0.1) is 10.1 Å². The summed E-state index contributed by atoms with van der Waals surface area (Å²) in [6, 6.07) is 15.5. The predicted octanol–water partition coefficient (Wildman–Crippen LogP) is 3.64. The van der Waals surface area contributed by atoms with Crippen molar-refractivity contribution in [3.05, 3.63) is 75.3 Å². The number of benzene rings is 2. The Morgan fingerprint density at radius 1 is 1.11 bits per heavy atom. The molecule has 3 rings (SSSR count). The summed E-state index contributed by atoms with van der Waals surface area (Å²) in [6.45, 7) is 0.575. The third-order valence-corrected chi connectivity index (χ3v) is 4.67. The highest BCUT2D eigenvalue weighted by atomic mass is 32.1. The molecule has 0 aliphatic heterocycles. The van der Waals surface area contributed by atoms with E-state index in [1.807, 2.05) is 30.3 Å². The van der Waals surface area contributed by atoms with Crippen molar-refractivity contribution in [3.63, 3.8) is 0 Å². The minimum Gasteiger partial charge on any atom is -0.494 e. The summed E-state index contributed by atoms with van der Waals surface area (Å²) >= 11 is 1.33. The van der Waals surface area contributed by atoms with Gasteiger partial charge in [-0.15, -0.1) is 10.2 Å². The van der Waals surface area contributed by atoms with Crippen molar-refractivity contribution in [1.29, 1.82) is 0 Å². The SMILES string of the molecule is O=C(Cc1ccc([N+](=O)[O-])cc1)Nc1nnc(CCCOc2ccccc2)s1. The van der Waals surface area contributed by atoms with Gasteiger partial charge in [-0.25, -0.2) is 0 Å². The summed E-state index contributed by atoms with van der Waals surface area (Å²) in [7, 11) is 0. The van der Waals surface area contributed by atoms with E-state index in [0.29, 0.717) is 23.7 Å². The van der Waals surface area contributed by atoms with Crippen molar-refractivity contribution in [2.45, 2.75) is 19.3 Å². The monoisotopic (exact) mass is 398 g/mol. The Morgan fingerprint density at radius 2 is 1.86 bits per heavy atom. The van der Waals surface area contributed by atoms with Crippen LogP contribution in [0.2, 0.25) is 0 Å². The fourth-order valence-electron chi connectivity index (χ4n) is 2.42. The maximum Gasteiger partial charge on any atom is 0.269 e. The number of amides is 1. The summed E-state index contributed by atoms with van der Waals surface area (Å²) in [5.74, 6) is 0.586. The van der Waals surface area contributed by atoms with Gasteiger partial charge in [0.15, 0.2) is 0 Å². The van der Waals surface area contributed by atoms with E-state index >= 15 is 0 Å². The van der Waals surface area contributed by atoms with E-state index in [0.717, 1.165) is 17.2 Å². The first-order chi connectivity index (χ1) is 13.6. The maximum absolute atomic E-state index is 12.1. The Hall–Kier alpha value is -3.33. The number of nitro groups is 1. The van der Waals surface area contributed by atoms with Crippen molar-refractivity contribution < 1.29 is 14.5 Å². The molecule has 144 valence electrons. The van der Waals surface area contributed by atoms with Crippen LogP contribution in [0.25, 0.3) is 0 Å². The first kappa shape index (κ1) is 19.4. The largest absolute Gasteiger partial charge is 0.494 e. The topological polar surface area (TPSA) is 107 Å². The van der Waals surface area contributed by atoms with Crippen LogP contribution in [0.15, 0.2) is 54.6 Å². The standard InChI is InChI=1S/C19H18N4O4S/c24-17(13-14-8-10-15(11-9-14)23(25)26)20-19-22-21-18(28-19)7-4-12-27-16-5-2-1-3-6-16/h1-3,5-6,8-11H,4,7,12-13H2,(H,20,22,24). The molecule has 1 aromatic heterocycles. The summed E-state index contributed by atoms with van der Waals surface area (Å²) in [5.41, 5.74) is 0.681. The van der Waals surface area contributed by atoms with Crippen LogP contribution in [0.3, 0.4) is 0 Å². The highest BCUT2D eigenvalue weighted by Gasteiger charge is 2.10. The van der Waals surface area contributed by atoms with Gasteiger partial charge in [-0.3, -0.25) is 14.9 Å². The summed E-state index contributed by atoms with van der Waals surface area (Å²) in [5, 5.41) is 22.7.